The fraction of sp³-hybridized carbons (Fsp3) is 0.588. The van der Waals surface area contributed by atoms with Crippen molar-refractivity contribution in [2.24, 2.45) is 0 Å². The number of benzene rings is 1. The molecular formula is C17H25BrN2O. The Kier molecular flexibility index (Phi) is 6.40. The lowest BCUT2D eigenvalue weighted by molar-refractivity contribution is 0.0963. The minimum Gasteiger partial charge on any atom is -0.304 e. The highest BCUT2D eigenvalue weighted by atomic mass is 79.9. The predicted molar refractivity (Wildman–Crippen MR) is 90.9 cm³/mol. The lowest BCUT2D eigenvalue weighted by Gasteiger charge is -2.27. The number of ketones is 1. The molecule has 0 aromatic heterocycles. The molecule has 21 heavy (non-hydrogen) atoms. The molecule has 1 heterocycles. The molecule has 1 unspecified atom stereocenters. The molecule has 1 saturated heterocycles. The Labute approximate surface area is 136 Å². The number of halogens is 1. The van der Waals surface area contributed by atoms with Gasteiger partial charge < -0.3 is 4.90 Å². The number of hydrogen-bond acceptors (Lipinski definition) is 3. The zero-order chi connectivity index (χ0) is 15.2. The monoisotopic (exact) mass is 352 g/mol. The summed E-state index contributed by atoms with van der Waals surface area (Å²) in [5.41, 5.74) is 0.808. The van der Waals surface area contributed by atoms with Crippen molar-refractivity contribution in [3.05, 3.63) is 34.3 Å². The Morgan fingerprint density at radius 1 is 1.38 bits per heavy atom. The maximum Gasteiger partial charge on any atom is 0.164 e. The predicted octanol–water partition coefficient (Wildman–Crippen LogP) is 3.44. The SMILES string of the molecule is CCN1CCCC1CN(C)CCC(=O)c1ccc(Br)cc1. The lowest BCUT2D eigenvalue weighted by atomic mass is 10.1. The molecule has 1 fully saturated rings. The van der Waals surface area contributed by atoms with E-state index in [1.165, 1.54) is 19.4 Å². The zero-order valence-electron chi connectivity index (χ0n) is 13.0. The summed E-state index contributed by atoms with van der Waals surface area (Å²) >= 11 is 3.39. The molecule has 1 aliphatic heterocycles. The molecule has 1 atom stereocenters. The van der Waals surface area contributed by atoms with Crippen molar-refractivity contribution < 1.29 is 4.79 Å². The van der Waals surface area contributed by atoms with E-state index < -0.39 is 0 Å². The first-order chi connectivity index (χ1) is 10.1. The lowest BCUT2D eigenvalue weighted by Crippen LogP contribution is -2.39. The van der Waals surface area contributed by atoms with Crippen molar-refractivity contribution >= 4 is 21.7 Å². The summed E-state index contributed by atoms with van der Waals surface area (Å²) in [7, 11) is 2.13. The van der Waals surface area contributed by atoms with Gasteiger partial charge >= 0.3 is 0 Å². The summed E-state index contributed by atoms with van der Waals surface area (Å²) in [5.74, 6) is 0.230. The van der Waals surface area contributed by atoms with E-state index in [9.17, 15) is 4.79 Å². The molecule has 2 rings (SSSR count). The van der Waals surface area contributed by atoms with Crippen molar-refractivity contribution in [1.29, 1.82) is 0 Å². The molecule has 0 bridgehead atoms. The normalized spacial score (nSPS) is 19.3. The van der Waals surface area contributed by atoms with Crippen LogP contribution in [0, 0.1) is 0 Å². The number of likely N-dealkylation sites (tertiary alicyclic amines) is 1. The van der Waals surface area contributed by atoms with Gasteiger partial charge in [-0.3, -0.25) is 9.69 Å². The van der Waals surface area contributed by atoms with E-state index in [1.807, 2.05) is 24.3 Å². The van der Waals surface area contributed by atoms with Crippen LogP contribution in [0.25, 0.3) is 0 Å². The number of carbonyl (C=O) groups is 1. The maximum absolute atomic E-state index is 12.2. The number of carbonyl (C=O) groups excluding carboxylic acids is 1. The third kappa shape index (κ3) is 4.90. The first-order valence-corrected chi connectivity index (χ1v) is 8.60. The van der Waals surface area contributed by atoms with Gasteiger partial charge in [0.05, 0.1) is 0 Å². The zero-order valence-corrected chi connectivity index (χ0v) is 14.6. The second-order valence-electron chi connectivity index (χ2n) is 5.87. The third-order valence-corrected chi connectivity index (χ3v) is 4.84. The standard InChI is InChI=1S/C17H25BrN2O/c1-3-20-11-4-5-16(20)13-19(2)12-10-17(21)14-6-8-15(18)9-7-14/h6-9,16H,3-5,10-13H2,1-2H3. The van der Waals surface area contributed by atoms with Crippen LogP contribution in [-0.2, 0) is 0 Å². The fourth-order valence-electron chi connectivity index (χ4n) is 3.04. The molecule has 0 aliphatic carbocycles. The molecule has 4 heteroatoms. The maximum atomic E-state index is 12.2. The highest BCUT2D eigenvalue weighted by Crippen LogP contribution is 2.17. The van der Waals surface area contributed by atoms with E-state index in [4.69, 9.17) is 0 Å². The second kappa shape index (κ2) is 8.06. The molecule has 1 aliphatic rings. The Balaban J connectivity index is 1.77. The molecular weight excluding hydrogens is 328 g/mol. The van der Waals surface area contributed by atoms with Crippen LogP contribution in [0.2, 0.25) is 0 Å². The summed E-state index contributed by atoms with van der Waals surface area (Å²) in [4.78, 5) is 17.0. The highest BCUT2D eigenvalue weighted by molar-refractivity contribution is 9.10. The molecule has 0 saturated carbocycles. The number of Topliss-reactive ketones (excluding diaryl/α,β-unsaturated/α-hetero) is 1. The van der Waals surface area contributed by atoms with Crippen LogP contribution in [0.4, 0.5) is 0 Å². The van der Waals surface area contributed by atoms with Crippen molar-refractivity contribution in [1.82, 2.24) is 9.80 Å². The third-order valence-electron chi connectivity index (χ3n) is 4.31. The quantitative estimate of drug-likeness (QED) is 0.702. The molecule has 3 nitrogen and oxygen atoms in total. The van der Waals surface area contributed by atoms with Crippen LogP contribution in [0.15, 0.2) is 28.7 Å². The van der Waals surface area contributed by atoms with Gasteiger partial charge in [-0.15, -0.1) is 0 Å². The number of likely N-dealkylation sites (N-methyl/N-ethyl adjacent to an activating group) is 2. The van der Waals surface area contributed by atoms with Crippen LogP contribution in [0.5, 0.6) is 0 Å². The van der Waals surface area contributed by atoms with Crippen molar-refractivity contribution in [3.8, 4) is 0 Å². The van der Waals surface area contributed by atoms with E-state index in [2.05, 4.69) is 39.7 Å². The van der Waals surface area contributed by atoms with Gasteiger partial charge in [-0.05, 0) is 45.1 Å². The van der Waals surface area contributed by atoms with E-state index in [0.717, 1.165) is 29.7 Å². The summed E-state index contributed by atoms with van der Waals surface area (Å²) in [6, 6.07) is 8.30. The van der Waals surface area contributed by atoms with E-state index in [-0.39, 0.29) is 5.78 Å². The first-order valence-electron chi connectivity index (χ1n) is 7.81. The minimum atomic E-state index is 0.230. The Morgan fingerprint density at radius 3 is 2.76 bits per heavy atom. The highest BCUT2D eigenvalue weighted by Gasteiger charge is 2.23. The fourth-order valence-corrected chi connectivity index (χ4v) is 3.31. The topological polar surface area (TPSA) is 23.6 Å². The Hall–Kier alpha value is -0.710. The molecule has 0 spiro atoms. The Bertz CT molecular complexity index is 460. The average molecular weight is 353 g/mol. The van der Waals surface area contributed by atoms with Crippen LogP contribution in [0.3, 0.4) is 0 Å². The summed E-state index contributed by atoms with van der Waals surface area (Å²) < 4.78 is 1.01. The van der Waals surface area contributed by atoms with Crippen LogP contribution in [0.1, 0.15) is 36.5 Å². The van der Waals surface area contributed by atoms with E-state index >= 15 is 0 Å². The summed E-state index contributed by atoms with van der Waals surface area (Å²) in [6.07, 6.45) is 3.19. The van der Waals surface area contributed by atoms with Crippen molar-refractivity contribution in [2.45, 2.75) is 32.2 Å². The van der Waals surface area contributed by atoms with Gasteiger partial charge in [0.1, 0.15) is 0 Å². The minimum absolute atomic E-state index is 0.230. The summed E-state index contributed by atoms with van der Waals surface area (Å²) in [6.45, 7) is 6.50. The number of rotatable bonds is 7. The number of nitrogens with zero attached hydrogens (tertiary/aromatic N) is 2. The summed E-state index contributed by atoms with van der Waals surface area (Å²) in [5, 5.41) is 0. The van der Waals surface area contributed by atoms with Gasteiger partial charge in [0, 0.05) is 35.6 Å². The largest absolute Gasteiger partial charge is 0.304 e. The molecule has 0 N–H and O–H groups in total. The van der Waals surface area contributed by atoms with Crippen LogP contribution in [-0.4, -0.2) is 54.9 Å². The van der Waals surface area contributed by atoms with Gasteiger partial charge in [-0.1, -0.05) is 35.0 Å². The molecule has 116 valence electrons. The van der Waals surface area contributed by atoms with E-state index in [1.54, 1.807) is 0 Å². The first kappa shape index (κ1) is 16.7. The van der Waals surface area contributed by atoms with Crippen LogP contribution >= 0.6 is 15.9 Å². The van der Waals surface area contributed by atoms with Crippen molar-refractivity contribution in [2.75, 3.05) is 33.2 Å². The van der Waals surface area contributed by atoms with Crippen LogP contribution < -0.4 is 0 Å². The molecule has 0 radical (unpaired) electrons. The molecule has 1 aromatic rings. The second-order valence-corrected chi connectivity index (χ2v) is 6.78. The smallest absolute Gasteiger partial charge is 0.164 e. The van der Waals surface area contributed by atoms with Crippen molar-refractivity contribution in [3.63, 3.8) is 0 Å². The molecule has 1 aromatic carbocycles. The van der Waals surface area contributed by atoms with Gasteiger partial charge in [-0.2, -0.15) is 0 Å². The van der Waals surface area contributed by atoms with Gasteiger partial charge in [0.25, 0.3) is 0 Å². The van der Waals surface area contributed by atoms with Gasteiger partial charge in [0.15, 0.2) is 5.78 Å². The Morgan fingerprint density at radius 2 is 2.10 bits per heavy atom. The average Bonchev–Trinajstić information content (AvgIpc) is 2.92. The van der Waals surface area contributed by atoms with Gasteiger partial charge in [0.2, 0.25) is 0 Å². The molecule has 0 amide bonds. The number of hydrogen-bond donors (Lipinski definition) is 0. The van der Waals surface area contributed by atoms with Gasteiger partial charge in [-0.25, -0.2) is 0 Å². The van der Waals surface area contributed by atoms with E-state index in [0.29, 0.717) is 12.5 Å².